The molecule has 0 fully saturated rings. The van der Waals surface area contributed by atoms with Crippen molar-refractivity contribution in [2.45, 2.75) is 25.9 Å². The van der Waals surface area contributed by atoms with Crippen molar-refractivity contribution in [3.8, 4) is 23.8 Å². The largest absolute Gasteiger partial charge is 0.454 e. The summed E-state index contributed by atoms with van der Waals surface area (Å²) in [7, 11) is 0. The molecule has 3 heteroatoms. The number of hydrogen-bond acceptors (Lipinski definition) is 3. The highest BCUT2D eigenvalue weighted by Crippen LogP contribution is 2.32. The van der Waals surface area contributed by atoms with Crippen molar-refractivity contribution in [2.75, 3.05) is 6.79 Å². The average molecular weight is 217 g/mol. The van der Waals surface area contributed by atoms with Crippen molar-refractivity contribution in [1.82, 2.24) is 5.32 Å². The maximum Gasteiger partial charge on any atom is 0.231 e. The van der Waals surface area contributed by atoms with Crippen molar-refractivity contribution in [3.63, 3.8) is 0 Å². The number of hydrogen-bond donors (Lipinski definition) is 1. The Morgan fingerprint density at radius 2 is 2.12 bits per heavy atom. The van der Waals surface area contributed by atoms with Crippen molar-refractivity contribution >= 4 is 0 Å². The lowest BCUT2D eigenvalue weighted by molar-refractivity contribution is 0.174. The van der Waals surface area contributed by atoms with Crippen LogP contribution in [0.1, 0.15) is 19.4 Å². The number of fused-ring (bicyclic) bond motifs is 1. The van der Waals surface area contributed by atoms with E-state index in [1.165, 1.54) is 0 Å². The zero-order valence-corrected chi connectivity index (χ0v) is 9.54. The molecule has 0 aliphatic carbocycles. The fourth-order valence-electron chi connectivity index (χ4n) is 1.42. The Balaban J connectivity index is 2.04. The zero-order valence-electron chi connectivity index (χ0n) is 9.54. The molecule has 1 aliphatic rings. The van der Waals surface area contributed by atoms with Gasteiger partial charge in [-0.3, -0.25) is 5.32 Å². The summed E-state index contributed by atoms with van der Waals surface area (Å²) in [6.45, 7) is 4.97. The lowest BCUT2D eigenvalue weighted by Gasteiger charge is -2.19. The van der Waals surface area contributed by atoms with Crippen molar-refractivity contribution in [1.29, 1.82) is 0 Å². The fraction of sp³-hybridized carbons (Fsp3) is 0.385. The van der Waals surface area contributed by atoms with Gasteiger partial charge in [-0.2, -0.15) is 0 Å². The number of nitrogens with one attached hydrogen (secondary N) is 1. The Bertz CT molecular complexity index is 432. The molecule has 3 nitrogen and oxygen atoms in total. The summed E-state index contributed by atoms with van der Waals surface area (Å²) in [5, 5.41) is 3.28. The Kier molecular flexibility index (Phi) is 2.76. The minimum Gasteiger partial charge on any atom is -0.454 e. The molecule has 0 radical (unpaired) electrons. The lowest BCUT2D eigenvalue weighted by atomic mass is 10.1. The highest BCUT2D eigenvalue weighted by Gasteiger charge is 2.15. The minimum atomic E-state index is -0.295. The molecule has 0 saturated heterocycles. The van der Waals surface area contributed by atoms with E-state index >= 15 is 0 Å². The second-order valence-corrected chi connectivity index (χ2v) is 4.31. The SMILES string of the molecule is C#CC(C)(C)NCc1ccc2c(c1)OCO2. The predicted molar refractivity (Wildman–Crippen MR) is 62.3 cm³/mol. The molecule has 0 bridgehead atoms. The van der Waals surface area contributed by atoms with Crippen LogP contribution in [-0.2, 0) is 6.54 Å². The van der Waals surface area contributed by atoms with Crippen LogP contribution in [0.2, 0.25) is 0 Å². The van der Waals surface area contributed by atoms with Crippen LogP contribution >= 0.6 is 0 Å². The van der Waals surface area contributed by atoms with Gasteiger partial charge in [0.25, 0.3) is 0 Å². The van der Waals surface area contributed by atoms with Gasteiger partial charge in [0, 0.05) is 6.54 Å². The molecule has 2 rings (SSSR count). The summed E-state index contributed by atoms with van der Waals surface area (Å²) < 4.78 is 10.6. The van der Waals surface area contributed by atoms with Gasteiger partial charge in [0.05, 0.1) is 5.54 Å². The number of ether oxygens (including phenoxy) is 2. The Morgan fingerprint density at radius 1 is 1.38 bits per heavy atom. The summed E-state index contributed by atoms with van der Waals surface area (Å²) in [4.78, 5) is 0. The average Bonchev–Trinajstić information content (AvgIpc) is 2.73. The first-order valence-electron chi connectivity index (χ1n) is 5.22. The Morgan fingerprint density at radius 3 is 2.88 bits per heavy atom. The van der Waals surface area contributed by atoms with Crippen molar-refractivity contribution < 1.29 is 9.47 Å². The third kappa shape index (κ3) is 2.29. The topological polar surface area (TPSA) is 30.5 Å². The van der Waals surface area contributed by atoms with Gasteiger partial charge in [-0.1, -0.05) is 12.0 Å². The van der Waals surface area contributed by atoms with E-state index in [1.54, 1.807) is 0 Å². The van der Waals surface area contributed by atoms with Crippen LogP contribution in [0.25, 0.3) is 0 Å². The first kappa shape index (κ1) is 10.8. The third-order valence-corrected chi connectivity index (χ3v) is 2.53. The predicted octanol–water partition coefficient (Wildman–Crippen LogP) is 1.92. The molecule has 1 aliphatic heterocycles. The van der Waals surface area contributed by atoms with Crippen LogP contribution in [0.5, 0.6) is 11.5 Å². The molecular weight excluding hydrogens is 202 g/mol. The lowest BCUT2D eigenvalue weighted by Crippen LogP contribution is -2.36. The van der Waals surface area contributed by atoms with Gasteiger partial charge in [0.2, 0.25) is 6.79 Å². The summed E-state index contributed by atoms with van der Waals surface area (Å²) >= 11 is 0. The van der Waals surface area contributed by atoms with Gasteiger partial charge in [0.15, 0.2) is 11.5 Å². The number of terminal acetylenes is 1. The number of rotatable bonds is 3. The second kappa shape index (κ2) is 4.07. The highest BCUT2D eigenvalue weighted by molar-refractivity contribution is 5.44. The summed E-state index contributed by atoms with van der Waals surface area (Å²) in [6.07, 6.45) is 5.40. The molecule has 0 aromatic heterocycles. The van der Waals surface area contributed by atoms with E-state index in [9.17, 15) is 0 Å². The fourth-order valence-corrected chi connectivity index (χ4v) is 1.42. The first-order chi connectivity index (χ1) is 7.61. The van der Waals surface area contributed by atoms with Crippen LogP contribution < -0.4 is 14.8 Å². The molecule has 0 spiro atoms. The van der Waals surface area contributed by atoms with E-state index in [4.69, 9.17) is 15.9 Å². The monoisotopic (exact) mass is 217 g/mol. The van der Waals surface area contributed by atoms with Gasteiger partial charge in [0.1, 0.15) is 0 Å². The molecule has 0 amide bonds. The van der Waals surface area contributed by atoms with Gasteiger partial charge in [-0.05, 0) is 31.5 Å². The van der Waals surface area contributed by atoms with E-state index in [1.807, 2.05) is 32.0 Å². The molecule has 84 valence electrons. The van der Waals surface area contributed by atoms with Gasteiger partial charge in [-0.25, -0.2) is 0 Å². The molecule has 0 saturated carbocycles. The highest BCUT2D eigenvalue weighted by atomic mass is 16.7. The summed E-state index contributed by atoms with van der Waals surface area (Å²) in [5.41, 5.74) is 0.837. The van der Waals surface area contributed by atoms with E-state index in [-0.39, 0.29) is 5.54 Å². The molecule has 1 heterocycles. The van der Waals surface area contributed by atoms with Crippen LogP contribution in [0.4, 0.5) is 0 Å². The van der Waals surface area contributed by atoms with E-state index in [0.29, 0.717) is 13.3 Å². The molecule has 16 heavy (non-hydrogen) atoms. The van der Waals surface area contributed by atoms with Crippen LogP contribution in [0.15, 0.2) is 18.2 Å². The molecule has 1 N–H and O–H groups in total. The van der Waals surface area contributed by atoms with E-state index in [2.05, 4.69) is 11.2 Å². The number of benzene rings is 1. The normalized spacial score (nSPS) is 13.6. The van der Waals surface area contributed by atoms with Gasteiger partial charge < -0.3 is 9.47 Å². The second-order valence-electron chi connectivity index (χ2n) is 4.31. The molecule has 0 unspecified atom stereocenters. The zero-order chi connectivity index (χ0) is 11.6. The standard InChI is InChI=1S/C13H15NO2/c1-4-13(2,3)14-8-10-5-6-11-12(7-10)16-9-15-11/h1,5-7,14H,8-9H2,2-3H3. The van der Waals surface area contributed by atoms with Crippen molar-refractivity contribution in [2.24, 2.45) is 0 Å². The first-order valence-corrected chi connectivity index (χ1v) is 5.22. The van der Waals surface area contributed by atoms with Crippen molar-refractivity contribution in [3.05, 3.63) is 23.8 Å². The Hall–Kier alpha value is -1.66. The minimum absolute atomic E-state index is 0.295. The van der Waals surface area contributed by atoms with E-state index < -0.39 is 0 Å². The van der Waals surface area contributed by atoms with Crippen LogP contribution in [0.3, 0.4) is 0 Å². The smallest absolute Gasteiger partial charge is 0.231 e. The summed E-state index contributed by atoms with van der Waals surface area (Å²) in [5.74, 6) is 4.31. The maximum atomic E-state index is 5.40. The van der Waals surface area contributed by atoms with E-state index in [0.717, 1.165) is 17.1 Å². The molecule has 1 aromatic carbocycles. The van der Waals surface area contributed by atoms with Gasteiger partial charge >= 0.3 is 0 Å². The Labute approximate surface area is 95.8 Å². The van der Waals surface area contributed by atoms with Crippen LogP contribution in [-0.4, -0.2) is 12.3 Å². The molecule has 0 atom stereocenters. The third-order valence-electron chi connectivity index (χ3n) is 2.53. The maximum absolute atomic E-state index is 5.40. The quantitative estimate of drug-likeness (QED) is 0.785. The van der Waals surface area contributed by atoms with Crippen LogP contribution in [0, 0.1) is 12.3 Å². The summed E-state index contributed by atoms with van der Waals surface area (Å²) in [6, 6.07) is 5.90. The molecular formula is C13H15NO2. The van der Waals surface area contributed by atoms with Gasteiger partial charge in [-0.15, -0.1) is 6.42 Å². The molecule has 1 aromatic rings.